The first-order valence-corrected chi connectivity index (χ1v) is 4.70. The Morgan fingerprint density at radius 1 is 1.56 bits per heavy atom. The van der Waals surface area contributed by atoms with Crippen molar-refractivity contribution in [3.05, 3.63) is 0 Å². The molecule has 0 bridgehead atoms. The predicted molar refractivity (Wildman–Crippen MR) is 39.9 cm³/mol. The normalized spacial score (nSPS) is 44.9. The fraction of sp³-hybridized carbons (Fsp3) is 1.00. The van der Waals surface area contributed by atoms with Gasteiger partial charge in [-0.2, -0.15) is 0 Å². The van der Waals surface area contributed by atoms with Crippen molar-refractivity contribution in [2.24, 2.45) is 0 Å². The first kappa shape index (κ1) is 7.22. The van der Waals surface area contributed by atoms with Crippen LogP contribution >= 0.6 is 0 Å². The molecule has 0 aromatic rings. The molecule has 0 saturated carbocycles. The molecule has 1 aliphatic heterocycles. The van der Waals surface area contributed by atoms with Gasteiger partial charge in [-0.05, 0) is 13.8 Å². The molecule has 0 radical (unpaired) electrons. The van der Waals surface area contributed by atoms with Crippen LogP contribution in [0.1, 0.15) is 13.8 Å². The lowest BCUT2D eigenvalue weighted by Gasteiger charge is -2.25. The molecule has 0 aromatic carbocycles. The van der Waals surface area contributed by atoms with Crippen LogP contribution in [0.15, 0.2) is 0 Å². The number of hydrogen-bond donors (Lipinski definition) is 1. The van der Waals surface area contributed by atoms with E-state index in [0.717, 1.165) is 12.3 Å². The summed E-state index contributed by atoms with van der Waals surface area (Å²) in [5.74, 6) is 0.825. The molecule has 0 aliphatic carbocycles. The third kappa shape index (κ3) is 1.52. The minimum absolute atomic E-state index is 0.332. The zero-order valence-corrected chi connectivity index (χ0v) is 6.70. The topological polar surface area (TPSA) is 29.1 Å². The van der Waals surface area contributed by atoms with Crippen molar-refractivity contribution in [3.8, 4) is 0 Å². The van der Waals surface area contributed by atoms with Crippen molar-refractivity contribution in [1.82, 2.24) is 5.32 Å². The summed E-state index contributed by atoms with van der Waals surface area (Å²) in [7, 11) is -0.578. The van der Waals surface area contributed by atoms with Gasteiger partial charge in [0.2, 0.25) is 0 Å². The molecule has 0 amide bonds. The van der Waals surface area contributed by atoms with Gasteiger partial charge < -0.3 is 5.32 Å². The highest BCUT2D eigenvalue weighted by Crippen LogP contribution is 2.05. The standard InChI is InChI=1S/C6H13NOS/c1-5-6(2)9(8)4-3-7-5/h5-7H,3-4H2,1-2H3. The molecule has 0 aromatic heterocycles. The summed E-state index contributed by atoms with van der Waals surface area (Å²) in [6.45, 7) is 5.03. The van der Waals surface area contributed by atoms with Crippen molar-refractivity contribution < 1.29 is 4.21 Å². The fourth-order valence-electron chi connectivity index (χ4n) is 0.967. The highest BCUT2D eigenvalue weighted by atomic mass is 32.2. The minimum atomic E-state index is -0.578. The van der Waals surface area contributed by atoms with Gasteiger partial charge in [-0.15, -0.1) is 0 Å². The number of rotatable bonds is 0. The predicted octanol–water partition coefficient (Wildman–Crippen LogP) is 0.115. The third-order valence-corrected chi connectivity index (χ3v) is 3.73. The summed E-state index contributed by atoms with van der Waals surface area (Å²) < 4.78 is 11.1. The second-order valence-electron chi connectivity index (χ2n) is 2.53. The van der Waals surface area contributed by atoms with Gasteiger partial charge in [-0.1, -0.05) is 0 Å². The van der Waals surface area contributed by atoms with E-state index in [9.17, 15) is 4.21 Å². The van der Waals surface area contributed by atoms with Crippen molar-refractivity contribution >= 4 is 10.8 Å². The zero-order valence-electron chi connectivity index (χ0n) is 5.89. The van der Waals surface area contributed by atoms with Crippen LogP contribution in [0.2, 0.25) is 0 Å². The molecule has 3 unspecified atom stereocenters. The Morgan fingerprint density at radius 2 is 2.22 bits per heavy atom. The molecular weight excluding hydrogens is 134 g/mol. The molecule has 1 fully saturated rings. The van der Waals surface area contributed by atoms with E-state index in [-0.39, 0.29) is 0 Å². The van der Waals surface area contributed by atoms with E-state index in [1.165, 1.54) is 0 Å². The average molecular weight is 147 g/mol. The van der Waals surface area contributed by atoms with Crippen LogP contribution < -0.4 is 5.32 Å². The number of hydrogen-bond acceptors (Lipinski definition) is 2. The van der Waals surface area contributed by atoms with Crippen LogP contribution in [0.3, 0.4) is 0 Å². The first-order valence-electron chi connectivity index (χ1n) is 3.32. The molecule has 3 heteroatoms. The molecular formula is C6H13NOS. The average Bonchev–Trinajstić information content (AvgIpc) is 1.83. The van der Waals surface area contributed by atoms with Crippen LogP contribution in [-0.2, 0) is 10.8 Å². The van der Waals surface area contributed by atoms with E-state index < -0.39 is 10.8 Å². The second kappa shape index (κ2) is 2.80. The van der Waals surface area contributed by atoms with Crippen molar-refractivity contribution in [2.45, 2.75) is 25.1 Å². The summed E-state index contributed by atoms with van der Waals surface area (Å²) in [5.41, 5.74) is 0. The van der Waals surface area contributed by atoms with Crippen LogP contribution in [0.25, 0.3) is 0 Å². The first-order chi connectivity index (χ1) is 4.22. The van der Waals surface area contributed by atoms with Crippen LogP contribution in [0.5, 0.6) is 0 Å². The monoisotopic (exact) mass is 147 g/mol. The lowest BCUT2D eigenvalue weighted by molar-refractivity contribution is 0.528. The largest absolute Gasteiger partial charge is 0.312 e. The quantitative estimate of drug-likeness (QED) is 0.527. The molecule has 3 atom stereocenters. The van der Waals surface area contributed by atoms with Gasteiger partial charge in [-0.3, -0.25) is 4.21 Å². The fourth-order valence-corrected chi connectivity index (χ4v) is 2.21. The van der Waals surface area contributed by atoms with E-state index >= 15 is 0 Å². The Labute approximate surface area is 58.5 Å². The summed E-state index contributed by atoms with van der Waals surface area (Å²) in [6.07, 6.45) is 0. The Kier molecular flexibility index (Phi) is 2.24. The maximum atomic E-state index is 11.1. The van der Waals surface area contributed by atoms with Crippen molar-refractivity contribution in [2.75, 3.05) is 12.3 Å². The zero-order chi connectivity index (χ0) is 6.85. The Bertz CT molecular complexity index is 126. The van der Waals surface area contributed by atoms with Gasteiger partial charge in [0, 0.05) is 34.4 Å². The molecule has 9 heavy (non-hydrogen) atoms. The van der Waals surface area contributed by atoms with Gasteiger partial charge in [0.1, 0.15) is 0 Å². The highest BCUT2D eigenvalue weighted by molar-refractivity contribution is 7.85. The Morgan fingerprint density at radius 3 is 2.67 bits per heavy atom. The lowest BCUT2D eigenvalue weighted by atomic mass is 10.2. The summed E-state index contributed by atoms with van der Waals surface area (Å²) >= 11 is 0. The Balaban J connectivity index is 2.51. The molecule has 1 aliphatic rings. The maximum Gasteiger partial charge on any atom is 0.0470 e. The molecule has 1 heterocycles. The van der Waals surface area contributed by atoms with E-state index in [4.69, 9.17) is 0 Å². The summed E-state index contributed by atoms with van der Waals surface area (Å²) in [6, 6.07) is 0.430. The van der Waals surface area contributed by atoms with E-state index in [2.05, 4.69) is 12.2 Å². The second-order valence-corrected chi connectivity index (χ2v) is 4.45. The smallest absolute Gasteiger partial charge is 0.0470 e. The van der Waals surface area contributed by atoms with Crippen molar-refractivity contribution in [1.29, 1.82) is 0 Å². The summed E-state index contributed by atoms with van der Waals surface area (Å²) in [5, 5.41) is 3.60. The van der Waals surface area contributed by atoms with E-state index in [1.807, 2.05) is 6.92 Å². The Hall–Kier alpha value is 0.110. The van der Waals surface area contributed by atoms with E-state index in [0.29, 0.717) is 11.3 Å². The molecule has 2 nitrogen and oxygen atoms in total. The van der Waals surface area contributed by atoms with Crippen LogP contribution in [0.4, 0.5) is 0 Å². The third-order valence-electron chi connectivity index (χ3n) is 1.89. The van der Waals surface area contributed by atoms with Gasteiger partial charge in [0.15, 0.2) is 0 Å². The lowest BCUT2D eigenvalue weighted by Crippen LogP contribution is -2.46. The van der Waals surface area contributed by atoms with Crippen LogP contribution in [-0.4, -0.2) is 27.8 Å². The molecule has 54 valence electrons. The van der Waals surface area contributed by atoms with Gasteiger partial charge in [0.25, 0.3) is 0 Å². The van der Waals surface area contributed by atoms with E-state index in [1.54, 1.807) is 0 Å². The van der Waals surface area contributed by atoms with Crippen LogP contribution in [0, 0.1) is 0 Å². The highest BCUT2D eigenvalue weighted by Gasteiger charge is 2.22. The maximum absolute atomic E-state index is 11.1. The van der Waals surface area contributed by atoms with Gasteiger partial charge in [-0.25, -0.2) is 0 Å². The SMILES string of the molecule is CC1NCCS(=O)C1C. The van der Waals surface area contributed by atoms with Crippen molar-refractivity contribution in [3.63, 3.8) is 0 Å². The molecule has 1 saturated heterocycles. The van der Waals surface area contributed by atoms with Gasteiger partial charge in [0.05, 0.1) is 0 Å². The summed E-state index contributed by atoms with van der Waals surface area (Å²) in [4.78, 5) is 0. The molecule has 0 spiro atoms. The molecule has 1 rings (SSSR count). The molecule has 1 N–H and O–H groups in total. The van der Waals surface area contributed by atoms with Gasteiger partial charge >= 0.3 is 0 Å². The number of nitrogens with one attached hydrogen (secondary N) is 1. The minimum Gasteiger partial charge on any atom is -0.312 e.